The Morgan fingerprint density at radius 2 is 1.27 bits per heavy atom. The lowest BCUT2D eigenvalue weighted by Gasteiger charge is -2.29. The maximum atomic E-state index is 14.6. The molecule has 5 N–H and O–H groups in total. The Morgan fingerprint density at radius 1 is 0.726 bits per heavy atom. The van der Waals surface area contributed by atoms with Crippen molar-refractivity contribution in [1.29, 1.82) is 0 Å². The van der Waals surface area contributed by atoms with E-state index in [1.54, 1.807) is 51.1 Å². The highest BCUT2D eigenvalue weighted by molar-refractivity contribution is 6.41. The van der Waals surface area contributed by atoms with Crippen molar-refractivity contribution >= 4 is 47.3 Å². The van der Waals surface area contributed by atoms with Crippen LogP contribution in [-0.2, 0) is 28.7 Å². The Hall–Kier alpha value is -8.14. The van der Waals surface area contributed by atoms with Gasteiger partial charge in [-0.05, 0) is 79.5 Å². The molecule has 5 aromatic carbocycles. The second kappa shape index (κ2) is 24.3. The van der Waals surface area contributed by atoms with Gasteiger partial charge in [0.15, 0.2) is 5.78 Å². The molecule has 0 bridgehead atoms. The van der Waals surface area contributed by atoms with Crippen LogP contribution in [0.2, 0.25) is 0 Å². The number of nitrogens with one attached hydrogen (secondary N) is 5. The molecular formula is C57H63N7O9. The molecular weight excluding hydrogens is 927 g/mol. The third-order valence-corrected chi connectivity index (χ3v) is 12.7. The number of fused-ring (bicyclic) bond motifs is 3. The number of ketones is 2. The number of carbonyl (C=O) groups is 7. The van der Waals surface area contributed by atoms with Crippen molar-refractivity contribution in [3.8, 4) is 11.1 Å². The summed E-state index contributed by atoms with van der Waals surface area (Å²) in [7, 11) is 0. The predicted octanol–water partition coefficient (Wildman–Crippen LogP) is 8.08. The number of hydrogen-bond donors (Lipinski definition) is 5. The molecule has 1 saturated heterocycles. The van der Waals surface area contributed by atoms with Gasteiger partial charge in [-0.25, -0.2) is 19.8 Å². The van der Waals surface area contributed by atoms with Crippen LogP contribution >= 0.6 is 0 Å². The second-order valence-electron chi connectivity index (χ2n) is 19.2. The Labute approximate surface area is 425 Å². The molecule has 0 saturated carbocycles. The minimum absolute atomic E-state index is 0.0406. The minimum Gasteiger partial charge on any atom is -0.449 e. The maximum absolute atomic E-state index is 14.6. The summed E-state index contributed by atoms with van der Waals surface area (Å²) in [4.78, 5) is 97.3. The lowest BCUT2D eigenvalue weighted by atomic mass is 9.90. The molecule has 6 amide bonds. The number of carbonyl (C=O) groups excluding carboxylic acids is 7. The average Bonchev–Trinajstić information content (AvgIpc) is 3.95. The van der Waals surface area contributed by atoms with Gasteiger partial charge in [0.25, 0.3) is 5.91 Å². The van der Waals surface area contributed by atoms with Crippen LogP contribution in [0.1, 0.15) is 106 Å². The summed E-state index contributed by atoms with van der Waals surface area (Å²) in [6.45, 7) is 7.76. The van der Waals surface area contributed by atoms with Crippen molar-refractivity contribution in [3.05, 3.63) is 167 Å². The zero-order valence-electron chi connectivity index (χ0n) is 41.8. The number of likely N-dealkylation sites (tertiary alicyclic amines) is 1. The fraction of sp³-hybridized carbons (Fsp3) is 0.333. The first-order chi connectivity index (χ1) is 35.1. The summed E-state index contributed by atoms with van der Waals surface area (Å²) in [6.07, 6.45) is -1.21. The zero-order chi connectivity index (χ0) is 52.1. The SMILES string of the molecule is CCC[C@H](NC(=O)C1C[C@@H](NC(=O)OCC2c3ccccc3-c3ccccc32)CN1C(=O)OC(C)(C)C)C(=NNC(=O)NC(c1ccccc1)c1ccccc1)C(=O)NCC(=O)C[C@H](C(C)=O)c1ccccc1. The number of benzene rings is 5. The van der Waals surface area contributed by atoms with Gasteiger partial charge >= 0.3 is 18.2 Å². The van der Waals surface area contributed by atoms with Crippen molar-refractivity contribution in [3.63, 3.8) is 0 Å². The number of hydrogen-bond acceptors (Lipinski definition) is 10. The van der Waals surface area contributed by atoms with Gasteiger partial charge in [-0.2, -0.15) is 5.10 Å². The van der Waals surface area contributed by atoms with E-state index in [0.29, 0.717) is 12.0 Å². The second-order valence-corrected chi connectivity index (χ2v) is 19.2. The topological polar surface area (TPSA) is 214 Å². The Kier molecular flexibility index (Phi) is 17.6. The number of alkyl carbamates (subject to hydrolysis) is 1. The molecule has 1 aliphatic heterocycles. The number of ether oxygens (including phenoxy) is 2. The molecule has 73 heavy (non-hydrogen) atoms. The number of nitrogens with zero attached hydrogens (tertiary/aromatic N) is 2. The monoisotopic (exact) mass is 989 g/mol. The standard InChI is InChI=1S/C57H63N7O9/c1-6-20-48(60-52(67)49-31-40(34-64(49)56(71)73-57(3,4)5)59-55(70)72-35-47-44-29-18-16-27-42(44)43-28-17-19-30-45(43)47)51(53(68)58-33-41(66)32-46(36(2)65)37-21-10-7-11-22-37)62-63-54(69)61-50(38-23-12-8-13-24-38)39-25-14-9-15-26-39/h7-19,21-30,40,46-50H,6,20,31-35H2,1-5H3,(H,58,68)(H,59,70)(H,60,67)(H2,61,63,69)/t40-,46-,48+,49?/m1/s1. The van der Waals surface area contributed by atoms with Crippen LogP contribution in [0.5, 0.6) is 0 Å². The lowest BCUT2D eigenvalue weighted by Crippen LogP contribution is -2.54. The van der Waals surface area contributed by atoms with E-state index in [1.807, 2.05) is 116 Å². The van der Waals surface area contributed by atoms with Gasteiger partial charge in [-0.1, -0.05) is 153 Å². The number of hydrazone groups is 1. The summed E-state index contributed by atoms with van der Waals surface area (Å²) in [5, 5.41) is 15.6. The number of amides is 6. The van der Waals surface area contributed by atoms with Crippen molar-refractivity contribution in [2.75, 3.05) is 19.7 Å². The van der Waals surface area contributed by atoms with Gasteiger partial charge < -0.3 is 30.7 Å². The number of Topliss-reactive ketones (excluding diaryl/α,β-unsaturated/α-hetero) is 2. The van der Waals surface area contributed by atoms with E-state index in [9.17, 15) is 33.6 Å². The molecule has 16 heteroatoms. The minimum atomic E-state index is -1.20. The van der Waals surface area contributed by atoms with Crippen LogP contribution < -0.4 is 26.7 Å². The molecule has 4 atom stereocenters. The molecule has 5 aromatic rings. The number of urea groups is 1. The van der Waals surface area contributed by atoms with Crippen LogP contribution in [0.25, 0.3) is 11.1 Å². The molecule has 380 valence electrons. The third-order valence-electron chi connectivity index (χ3n) is 12.7. The van der Waals surface area contributed by atoms with Crippen LogP contribution in [0, 0.1) is 0 Å². The molecule has 1 heterocycles. The van der Waals surface area contributed by atoms with E-state index < -0.39 is 78.0 Å². The third kappa shape index (κ3) is 13.8. The van der Waals surface area contributed by atoms with Crippen LogP contribution in [-0.4, -0.2) is 95.6 Å². The van der Waals surface area contributed by atoms with Crippen molar-refractivity contribution in [1.82, 2.24) is 31.6 Å². The van der Waals surface area contributed by atoms with Crippen molar-refractivity contribution in [2.24, 2.45) is 5.10 Å². The van der Waals surface area contributed by atoms with Gasteiger partial charge in [-0.3, -0.25) is 24.1 Å². The van der Waals surface area contributed by atoms with Crippen molar-refractivity contribution < 1.29 is 43.0 Å². The molecule has 1 aliphatic carbocycles. The maximum Gasteiger partial charge on any atom is 0.411 e. The normalized spacial score (nSPS) is 16.0. The fourth-order valence-electron chi connectivity index (χ4n) is 9.31. The van der Waals surface area contributed by atoms with Gasteiger partial charge in [0.05, 0.1) is 24.7 Å². The molecule has 0 aromatic heterocycles. The molecule has 7 rings (SSSR count). The summed E-state index contributed by atoms with van der Waals surface area (Å²) in [6, 6.07) is 38.8. The lowest BCUT2D eigenvalue weighted by molar-refractivity contribution is -0.126. The summed E-state index contributed by atoms with van der Waals surface area (Å²) >= 11 is 0. The largest absolute Gasteiger partial charge is 0.449 e. The van der Waals surface area contributed by atoms with E-state index in [-0.39, 0.29) is 49.8 Å². The first-order valence-corrected chi connectivity index (χ1v) is 24.6. The highest BCUT2D eigenvalue weighted by Gasteiger charge is 2.43. The average molecular weight is 990 g/mol. The van der Waals surface area contributed by atoms with E-state index in [4.69, 9.17) is 9.47 Å². The Bertz CT molecular complexity index is 2710. The highest BCUT2D eigenvalue weighted by atomic mass is 16.6. The Morgan fingerprint density at radius 3 is 1.82 bits per heavy atom. The smallest absolute Gasteiger partial charge is 0.411 e. The van der Waals surface area contributed by atoms with Gasteiger partial charge in [0, 0.05) is 24.8 Å². The molecule has 0 spiro atoms. The summed E-state index contributed by atoms with van der Waals surface area (Å²) in [5.41, 5.74) is 7.61. The molecule has 1 fully saturated rings. The van der Waals surface area contributed by atoms with Gasteiger partial charge in [0.2, 0.25) is 5.91 Å². The predicted molar refractivity (Wildman–Crippen MR) is 277 cm³/mol. The van der Waals surface area contributed by atoms with Gasteiger partial charge in [0.1, 0.15) is 29.7 Å². The molecule has 0 radical (unpaired) electrons. The molecule has 16 nitrogen and oxygen atoms in total. The van der Waals surface area contributed by atoms with Crippen LogP contribution in [0.4, 0.5) is 14.4 Å². The first kappa shape index (κ1) is 52.7. The quantitative estimate of drug-likeness (QED) is 0.0399. The van der Waals surface area contributed by atoms with Crippen LogP contribution in [0.15, 0.2) is 145 Å². The number of rotatable bonds is 19. The van der Waals surface area contributed by atoms with E-state index in [0.717, 1.165) is 33.4 Å². The molecule has 2 aliphatic rings. The Balaban J connectivity index is 1.10. The van der Waals surface area contributed by atoms with E-state index in [1.165, 1.54) is 11.8 Å². The van der Waals surface area contributed by atoms with Gasteiger partial charge in [-0.15, -0.1) is 0 Å². The summed E-state index contributed by atoms with van der Waals surface area (Å²) < 4.78 is 11.5. The van der Waals surface area contributed by atoms with Crippen molar-refractivity contribution in [2.45, 2.75) is 102 Å². The summed E-state index contributed by atoms with van der Waals surface area (Å²) in [5.74, 6) is -3.16. The van der Waals surface area contributed by atoms with E-state index in [2.05, 4.69) is 31.8 Å². The van der Waals surface area contributed by atoms with E-state index >= 15 is 0 Å². The molecule has 1 unspecified atom stereocenters. The highest BCUT2D eigenvalue weighted by Crippen LogP contribution is 2.44. The fourth-order valence-corrected chi connectivity index (χ4v) is 9.31. The first-order valence-electron chi connectivity index (χ1n) is 24.6. The van der Waals surface area contributed by atoms with Crippen LogP contribution in [0.3, 0.4) is 0 Å². The zero-order valence-corrected chi connectivity index (χ0v) is 41.8.